The van der Waals surface area contributed by atoms with Gasteiger partial charge in [0.05, 0.1) is 15.1 Å². The Morgan fingerprint density at radius 1 is 1.36 bits per heavy atom. The number of hydrogen-bond donors (Lipinski definition) is 2. The first-order valence-electron chi connectivity index (χ1n) is 3.66. The molecule has 4 N–H and O–H groups in total. The number of sulfonamides is 1. The number of thiazole rings is 1. The minimum atomic E-state index is -3.66. The normalized spacial score (nSPS) is 12.1. The SMILES string of the molecule is Nc1nc2cc(S(N)(=O)=O)ccc2s1. The van der Waals surface area contributed by atoms with Crippen molar-refractivity contribution >= 4 is 36.7 Å². The molecule has 2 rings (SSSR count). The van der Waals surface area contributed by atoms with Crippen molar-refractivity contribution in [2.75, 3.05) is 5.73 Å². The van der Waals surface area contributed by atoms with Crippen LogP contribution in [-0.2, 0) is 10.0 Å². The zero-order chi connectivity index (χ0) is 10.3. The monoisotopic (exact) mass is 229 g/mol. The molecule has 1 heterocycles. The molecule has 0 spiro atoms. The number of benzene rings is 1. The van der Waals surface area contributed by atoms with E-state index in [0.717, 1.165) is 4.70 Å². The fourth-order valence-corrected chi connectivity index (χ4v) is 2.35. The number of rotatable bonds is 1. The quantitative estimate of drug-likeness (QED) is 0.744. The van der Waals surface area contributed by atoms with E-state index < -0.39 is 10.0 Å². The number of nitrogens with zero attached hydrogens (tertiary/aromatic N) is 1. The molecule has 5 nitrogen and oxygen atoms in total. The van der Waals surface area contributed by atoms with E-state index >= 15 is 0 Å². The van der Waals surface area contributed by atoms with Gasteiger partial charge >= 0.3 is 0 Å². The molecule has 0 saturated heterocycles. The number of nitrogen functional groups attached to an aromatic ring is 1. The highest BCUT2D eigenvalue weighted by atomic mass is 32.2. The van der Waals surface area contributed by atoms with Gasteiger partial charge in [0.15, 0.2) is 5.13 Å². The van der Waals surface area contributed by atoms with E-state index in [9.17, 15) is 8.42 Å². The molecule has 74 valence electrons. The van der Waals surface area contributed by atoms with Crippen LogP contribution in [0.3, 0.4) is 0 Å². The highest BCUT2D eigenvalue weighted by molar-refractivity contribution is 7.89. The topological polar surface area (TPSA) is 99.1 Å². The van der Waals surface area contributed by atoms with E-state index in [-0.39, 0.29) is 4.90 Å². The summed E-state index contributed by atoms with van der Waals surface area (Å²) < 4.78 is 22.9. The summed E-state index contributed by atoms with van der Waals surface area (Å²) in [4.78, 5) is 4.01. The Balaban J connectivity index is 2.74. The highest BCUT2D eigenvalue weighted by Crippen LogP contribution is 2.25. The van der Waals surface area contributed by atoms with Crippen molar-refractivity contribution in [3.05, 3.63) is 18.2 Å². The fourth-order valence-electron chi connectivity index (χ4n) is 1.10. The second-order valence-corrected chi connectivity index (χ2v) is 5.35. The summed E-state index contributed by atoms with van der Waals surface area (Å²) in [6, 6.07) is 4.50. The Labute approximate surface area is 84.4 Å². The maximum atomic E-state index is 11.0. The number of anilines is 1. The maximum absolute atomic E-state index is 11.0. The third kappa shape index (κ3) is 1.57. The molecule has 0 amide bonds. The maximum Gasteiger partial charge on any atom is 0.238 e. The van der Waals surface area contributed by atoms with Gasteiger partial charge in [0, 0.05) is 0 Å². The van der Waals surface area contributed by atoms with Crippen molar-refractivity contribution in [1.29, 1.82) is 0 Å². The third-order valence-electron chi connectivity index (χ3n) is 1.70. The number of fused-ring (bicyclic) bond motifs is 1. The van der Waals surface area contributed by atoms with Crippen LogP contribution in [-0.4, -0.2) is 13.4 Å². The van der Waals surface area contributed by atoms with E-state index in [1.165, 1.54) is 23.5 Å². The minimum Gasteiger partial charge on any atom is -0.375 e. The summed E-state index contributed by atoms with van der Waals surface area (Å²) in [5, 5.41) is 5.38. The van der Waals surface area contributed by atoms with Gasteiger partial charge in [-0.25, -0.2) is 18.5 Å². The van der Waals surface area contributed by atoms with E-state index in [4.69, 9.17) is 10.9 Å². The second kappa shape index (κ2) is 2.91. The smallest absolute Gasteiger partial charge is 0.238 e. The van der Waals surface area contributed by atoms with Gasteiger partial charge in [0.1, 0.15) is 0 Å². The lowest BCUT2D eigenvalue weighted by atomic mass is 10.3. The van der Waals surface area contributed by atoms with Crippen molar-refractivity contribution < 1.29 is 8.42 Å². The largest absolute Gasteiger partial charge is 0.375 e. The zero-order valence-corrected chi connectivity index (χ0v) is 8.60. The van der Waals surface area contributed by atoms with Crippen molar-refractivity contribution in [3.63, 3.8) is 0 Å². The lowest BCUT2D eigenvalue weighted by Gasteiger charge is -1.95. The summed E-state index contributed by atoms with van der Waals surface area (Å²) in [7, 11) is -3.66. The number of aromatic nitrogens is 1. The van der Waals surface area contributed by atoms with E-state index in [1.54, 1.807) is 6.07 Å². The Hall–Kier alpha value is -1.18. The zero-order valence-electron chi connectivity index (χ0n) is 6.97. The van der Waals surface area contributed by atoms with E-state index in [1.807, 2.05) is 0 Å². The van der Waals surface area contributed by atoms with Gasteiger partial charge in [-0.3, -0.25) is 0 Å². The molecule has 0 fully saturated rings. The van der Waals surface area contributed by atoms with E-state index in [2.05, 4.69) is 4.98 Å². The molecule has 14 heavy (non-hydrogen) atoms. The van der Waals surface area contributed by atoms with Gasteiger partial charge in [0.2, 0.25) is 10.0 Å². The molecule has 1 aromatic carbocycles. The van der Waals surface area contributed by atoms with Crippen LogP contribution in [0, 0.1) is 0 Å². The average Bonchev–Trinajstić information content (AvgIpc) is 2.41. The van der Waals surface area contributed by atoms with Crippen molar-refractivity contribution in [2.24, 2.45) is 5.14 Å². The number of nitrogens with two attached hydrogens (primary N) is 2. The summed E-state index contributed by atoms with van der Waals surface area (Å²) in [5.41, 5.74) is 6.03. The van der Waals surface area contributed by atoms with Crippen LogP contribution in [0.2, 0.25) is 0 Å². The number of primary sulfonamides is 1. The molecule has 0 unspecified atom stereocenters. The fraction of sp³-hybridized carbons (Fsp3) is 0. The predicted molar refractivity (Wildman–Crippen MR) is 55.4 cm³/mol. The first-order chi connectivity index (χ1) is 6.47. The van der Waals surface area contributed by atoms with Crippen LogP contribution in [0.25, 0.3) is 10.2 Å². The third-order valence-corrected chi connectivity index (χ3v) is 3.48. The first kappa shape index (κ1) is 9.38. The van der Waals surface area contributed by atoms with Crippen LogP contribution in [0.15, 0.2) is 23.1 Å². The highest BCUT2D eigenvalue weighted by Gasteiger charge is 2.09. The summed E-state index contributed by atoms with van der Waals surface area (Å²) >= 11 is 1.30. The molecule has 2 aromatic rings. The summed E-state index contributed by atoms with van der Waals surface area (Å²) in [6.07, 6.45) is 0. The lowest BCUT2D eigenvalue weighted by molar-refractivity contribution is 0.598. The molecule has 0 atom stereocenters. The van der Waals surface area contributed by atoms with Gasteiger partial charge in [0.25, 0.3) is 0 Å². The van der Waals surface area contributed by atoms with Crippen molar-refractivity contribution in [1.82, 2.24) is 4.98 Å². The minimum absolute atomic E-state index is 0.0512. The summed E-state index contributed by atoms with van der Waals surface area (Å²) in [6.45, 7) is 0. The molecule has 0 saturated carbocycles. The Morgan fingerprint density at radius 2 is 2.07 bits per heavy atom. The molecule has 7 heteroatoms. The first-order valence-corrected chi connectivity index (χ1v) is 6.02. The second-order valence-electron chi connectivity index (χ2n) is 2.73. The van der Waals surface area contributed by atoms with Crippen molar-refractivity contribution in [2.45, 2.75) is 4.90 Å². The van der Waals surface area contributed by atoms with Gasteiger partial charge in [-0.05, 0) is 18.2 Å². The standard InChI is InChI=1S/C7H7N3O2S2/c8-7-10-5-3-4(14(9,11)12)1-2-6(5)13-7/h1-3H,(H2,8,10)(H2,9,11,12). The van der Waals surface area contributed by atoms with Gasteiger partial charge < -0.3 is 5.73 Å². The molecule has 0 aliphatic heterocycles. The molecule has 0 aliphatic carbocycles. The number of hydrogen-bond acceptors (Lipinski definition) is 5. The van der Waals surface area contributed by atoms with E-state index in [0.29, 0.717) is 10.6 Å². The van der Waals surface area contributed by atoms with Gasteiger partial charge in [-0.1, -0.05) is 11.3 Å². The average molecular weight is 229 g/mol. The molecular formula is C7H7N3O2S2. The molecular weight excluding hydrogens is 222 g/mol. The molecule has 0 bridgehead atoms. The Kier molecular flexibility index (Phi) is 1.95. The molecule has 0 radical (unpaired) electrons. The van der Waals surface area contributed by atoms with Crippen LogP contribution in [0.4, 0.5) is 5.13 Å². The van der Waals surface area contributed by atoms with Gasteiger partial charge in [-0.15, -0.1) is 0 Å². The van der Waals surface area contributed by atoms with Crippen LogP contribution < -0.4 is 10.9 Å². The molecule has 0 aliphatic rings. The molecule has 1 aromatic heterocycles. The Bertz CT molecular complexity index is 588. The van der Waals surface area contributed by atoms with Crippen LogP contribution in [0.5, 0.6) is 0 Å². The Morgan fingerprint density at radius 3 is 2.71 bits per heavy atom. The lowest BCUT2D eigenvalue weighted by Crippen LogP contribution is -2.11. The predicted octanol–water partition coefficient (Wildman–Crippen LogP) is 0.526. The van der Waals surface area contributed by atoms with Gasteiger partial charge in [-0.2, -0.15) is 0 Å². The van der Waals surface area contributed by atoms with Crippen molar-refractivity contribution in [3.8, 4) is 0 Å². The summed E-state index contributed by atoms with van der Waals surface area (Å²) in [5.74, 6) is 0. The van der Waals surface area contributed by atoms with Crippen LogP contribution in [0.1, 0.15) is 0 Å². The van der Waals surface area contributed by atoms with Crippen LogP contribution >= 0.6 is 11.3 Å².